The highest BCUT2D eigenvalue weighted by molar-refractivity contribution is 6.32. The number of Topliss-reactive ketones (excluding diaryl/α,β-unsaturated/α-hetero) is 1. The van der Waals surface area contributed by atoms with Crippen LogP contribution < -0.4 is 10.1 Å². The molecule has 2 atom stereocenters. The highest BCUT2D eigenvalue weighted by Gasteiger charge is 2.42. The number of carbonyl (C=O) groups excluding carboxylic acids is 2. The lowest BCUT2D eigenvalue weighted by atomic mass is 9.71. The normalized spacial score (nSPS) is 19.4. The third kappa shape index (κ3) is 5.64. The Labute approximate surface area is 226 Å². The first-order chi connectivity index (χ1) is 17.7. The van der Waals surface area contributed by atoms with Crippen LogP contribution in [0.25, 0.3) is 0 Å². The number of phenolic OH excluding ortho intramolecular Hbond substituents is 1. The zero-order valence-electron chi connectivity index (χ0n) is 20.9. The summed E-state index contributed by atoms with van der Waals surface area (Å²) in [4.78, 5) is 27.0. The second-order valence-electron chi connectivity index (χ2n) is 8.96. The lowest BCUT2D eigenvalue weighted by molar-refractivity contribution is -0.140. The van der Waals surface area contributed by atoms with E-state index in [0.29, 0.717) is 40.5 Å². The van der Waals surface area contributed by atoms with Crippen molar-refractivity contribution < 1.29 is 28.9 Å². The summed E-state index contributed by atoms with van der Waals surface area (Å²) in [6.45, 7) is 4.49. The van der Waals surface area contributed by atoms with Gasteiger partial charge in [-0.1, -0.05) is 35.3 Å². The van der Waals surface area contributed by atoms with Gasteiger partial charge in [-0.15, -0.1) is 0 Å². The standard InChI is InChI=1S/C28H29Cl2NO6/c1-4-36-9-10-37-28(34)24-15(2)31-21-12-17(16-5-7-19(29)8-6-16)13-22(32)26(21)25(24)18-11-20(30)27(33)23(14-18)35-3/h5-8,11,14,17,25,31,33H,4,9-10,12-13H2,1-3H3/t17-,25-/m0/s1. The Morgan fingerprint density at radius 3 is 2.51 bits per heavy atom. The topological polar surface area (TPSA) is 94.1 Å². The van der Waals surface area contributed by atoms with E-state index < -0.39 is 11.9 Å². The maximum absolute atomic E-state index is 13.7. The molecule has 9 heteroatoms. The summed E-state index contributed by atoms with van der Waals surface area (Å²) < 4.78 is 16.1. The molecule has 0 bridgehead atoms. The van der Waals surface area contributed by atoms with Gasteiger partial charge in [0.15, 0.2) is 17.3 Å². The lowest BCUT2D eigenvalue weighted by Gasteiger charge is -2.37. The molecule has 2 aromatic rings. The van der Waals surface area contributed by atoms with Gasteiger partial charge in [0.25, 0.3) is 0 Å². The number of hydrogen-bond donors (Lipinski definition) is 2. The van der Waals surface area contributed by atoms with Crippen LogP contribution in [0.5, 0.6) is 11.5 Å². The predicted octanol–water partition coefficient (Wildman–Crippen LogP) is 5.65. The number of methoxy groups -OCH3 is 1. The van der Waals surface area contributed by atoms with Crippen molar-refractivity contribution in [3.8, 4) is 11.5 Å². The Morgan fingerprint density at radius 1 is 1.11 bits per heavy atom. The minimum Gasteiger partial charge on any atom is -0.503 e. The Hall–Kier alpha value is -3.00. The molecule has 4 rings (SSSR count). The van der Waals surface area contributed by atoms with Crippen LogP contribution in [0.4, 0.5) is 0 Å². The van der Waals surface area contributed by atoms with Crippen LogP contribution in [0.2, 0.25) is 10.0 Å². The van der Waals surface area contributed by atoms with Crippen LogP contribution >= 0.6 is 23.2 Å². The maximum Gasteiger partial charge on any atom is 0.336 e. The molecule has 2 N–H and O–H groups in total. The number of ketones is 1. The fourth-order valence-corrected chi connectivity index (χ4v) is 5.29. The number of allylic oxidation sites excluding steroid dienone is 3. The molecule has 0 saturated heterocycles. The molecule has 0 saturated carbocycles. The third-order valence-electron chi connectivity index (χ3n) is 6.66. The van der Waals surface area contributed by atoms with Gasteiger partial charge >= 0.3 is 5.97 Å². The zero-order valence-corrected chi connectivity index (χ0v) is 22.4. The van der Waals surface area contributed by atoms with E-state index in [2.05, 4.69) is 5.32 Å². The van der Waals surface area contributed by atoms with Crippen molar-refractivity contribution in [2.24, 2.45) is 0 Å². The number of benzene rings is 2. The largest absolute Gasteiger partial charge is 0.503 e. The number of dihydropyridines is 1. The number of halogens is 2. The summed E-state index contributed by atoms with van der Waals surface area (Å²) >= 11 is 12.4. The van der Waals surface area contributed by atoms with Crippen molar-refractivity contribution in [1.82, 2.24) is 5.32 Å². The summed E-state index contributed by atoms with van der Waals surface area (Å²) in [5.41, 5.74) is 3.67. The second kappa shape index (κ2) is 11.6. The van der Waals surface area contributed by atoms with Crippen LogP contribution in [0.3, 0.4) is 0 Å². The van der Waals surface area contributed by atoms with Crippen LogP contribution in [-0.2, 0) is 19.1 Å². The van der Waals surface area contributed by atoms with Gasteiger partial charge < -0.3 is 24.6 Å². The van der Waals surface area contributed by atoms with Crippen molar-refractivity contribution in [1.29, 1.82) is 0 Å². The van der Waals surface area contributed by atoms with Gasteiger partial charge in [0.05, 0.1) is 24.3 Å². The van der Waals surface area contributed by atoms with E-state index in [4.69, 9.17) is 37.4 Å². The number of esters is 1. The number of phenols is 1. The van der Waals surface area contributed by atoms with E-state index in [1.165, 1.54) is 7.11 Å². The number of ether oxygens (including phenoxy) is 3. The molecule has 37 heavy (non-hydrogen) atoms. The summed E-state index contributed by atoms with van der Waals surface area (Å²) in [5, 5.41) is 14.3. The minimum absolute atomic E-state index is 0.0397. The van der Waals surface area contributed by atoms with Crippen molar-refractivity contribution in [3.05, 3.63) is 80.1 Å². The quantitative estimate of drug-likeness (QED) is 0.327. The van der Waals surface area contributed by atoms with Crippen molar-refractivity contribution in [2.45, 2.75) is 38.5 Å². The third-order valence-corrected chi connectivity index (χ3v) is 7.20. The van der Waals surface area contributed by atoms with Gasteiger partial charge in [-0.05, 0) is 61.6 Å². The van der Waals surface area contributed by atoms with Gasteiger partial charge in [-0.2, -0.15) is 0 Å². The molecule has 1 aliphatic heterocycles. The van der Waals surface area contributed by atoms with Gasteiger partial charge in [-0.3, -0.25) is 4.79 Å². The summed E-state index contributed by atoms with van der Waals surface area (Å²) in [5.74, 6) is -1.50. The van der Waals surface area contributed by atoms with Gasteiger partial charge in [0.2, 0.25) is 0 Å². The molecule has 7 nitrogen and oxygen atoms in total. The lowest BCUT2D eigenvalue weighted by Crippen LogP contribution is -2.36. The smallest absolute Gasteiger partial charge is 0.336 e. The highest BCUT2D eigenvalue weighted by atomic mass is 35.5. The Bertz CT molecular complexity index is 1270. The second-order valence-corrected chi connectivity index (χ2v) is 9.80. The first-order valence-electron chi connectivity index (χ1n) is 12.1. The number of rotatable bonds is 8. The van der Waals surface area contributed by atoms with E-state index in [9.17, 15) is 14.7 Å². The fraction of sp³-hybridized carbons (Fsp3) is 0.357. The molecular formula is C28H29Cl2NO6. The monoisotopic (exact) mass is 545 g/mol. The predicted molar refractivity (Wildman–Crippen MR) is 141 cm³/mol. The molecule has 1 aliphatic carbocycles. The van der Waals surface area contributed by atoms with Crippen LogP contribution in [0, 0.1) is 0 Å². The fourth-order valence-electron chi connectivity index (χ4n) is 4.95. The Kier molecular flexibility index (Phi) is 8.47. The molecule has 0 radical (unpaired) electrons. The molecule has 196 valence electrons. The van der Waals surface area contributed by atoms with Crippen molar-refractivity contribution in [3.63, 3.8) is 0 Å². The Morgan fingerprint density at radius 2 is 1.84 bits per heavy atom. The molecule has 0 aromatic heterocycles. The molecule has 0 fully saturated rings. The zero-order chi connectivity index (χ0) is 26.7. The maximum atomic E-state index is 13.7. The molecule has 0 amide bonds. The molecule has 1 heterocycles. The number of carbonyl (C=O) groups is 2. The Balaban J connectivity index is 1.78. The molecule has 0 spiro atoms. The SMILES string of the molecule is CCOCCOC(=O)C1=C(C)NC2=C(C(=O)C[C@@H](c3ccc(Cl)cc3)C2)[C@H]1c1cc(Cl)c(O)c(OC)c1. The number of hydrogen-bond acceptors (Lipinski definition) is 7. The summed E-state index contributed by atoms with van der Waals surface area (Å²) in [7, 11) is 1.41. The minimum atomic E-state index is -0.749. The van der Waals surface area contributed by atoms with Crippen LogP contribution in [-0.4, -0.2) is 43.8 Å². The number of aromatic hydroxyl groups is 1. The van der Waals surface area contributed by atoms with E-state index in [1.807, 2.05) is 31.2 Å². The van der Waals surface area contributed by atoms with Crippen molar-refractivity contribution >= 4 is 35.0 Å². The van der Waals surface area contributed by atoms with Gasteiger partial charge in [0, 0.05) is 40.9 Å². The molecule has 2 aromatic carbocycles. The molecular weight excluding hydrogens is 517 g/mol. The van der Waals surface area contributed by atoms with Gasteiger partial charge in [0.1, 0.15) is 6.61 Å². The van der Waals surface area contributed by atoms with E-state index >= 15 is 0 Å². The average Bonchev–Trinajstić information content (AvgIpc) is 2.87. The van der Waals surface area contributed by atoms with Crippen LogP contribution in [0.15, 0.2) is 58.9 Å². The first kappa shape index (κ1) is 27.0. The van der Waals surface area contributed by atoms with E-state index in [-0.39, 0.29) is 47.9 Å². The average molecular weight is 546 g/mol. The summed E-state index contributed by atoms with van der Waals surface area (Å²) in [6.07, 6.45) is 0.847. The summed E-state index contributed by atoms with van der Waals surface area (Å²) in [6, 6.07) is 10.6. The van der Waals surface area contributed by atoms with E-state index in [0.717, 1.165) is 11.3 Å². The highest BCUT2D eigenvalue weighted by Crippen LogP contribution is 2.48. The van der Waals surface area contributed by atoms with Gasteiger partial charge in [-0.25, -0.2) is 4.79 Å². The first-order valence-corrected chi connectivity index (χ1v) is 12.8. The van der Waals surface area contributed by atoms with Crippen molar-refractivity contribution in [2.75, 3.05) is 26.9 Å². The van der Waals surface area contributed by atoms with E-state index in [1.54, 1.807) is 19.1 Å². The molecule has 2 aliphatic rings. The van der Waals surface area contributed by atoms with Crippen LogP contribution in [0.1, 0.15) is 49.7 Å². The molecule has 0 unspecified atom stereocenters. The number of nitrogens with one attached hydrogen (secondary N) is 1.